The van der Waals surface area contributed by atoms with Gasteiger partial charge in [-0.1, -0.05) is 23.7 Å². The number of ether oxygens (including phenoxy) is 2. The van der Waals surface area contributed by atoms with Crippen LogP contribution in [0.3, 0.4) is 0 Å². The Hall–Kier alpha value is -1.10. The van der Waals surface area contributed by atoms with E-state index in [1.54, 1.807) is 0 Å². The first kappa shape index (κ1) is 14.8. The predicted molar refractivity (Wildman–Crippen MR) is 80.4 cm³/mol. The number of halogens is 1. The van der Waals surface area contributed by atoms with E-state index >= 15 is 0 Å². The van der Waals surface area contributed by atoms with Gasteiger partial charge in [-0.2, -0.15) is 0 Å². The molecule has 1 aromatic carbocycles. The molecule has 114 valence electrons. The fourth-order valence-corrected chi connectivity index (χ4v) is 3.19. The van der Waals surface area contributed by atoms with Crippen LogP contribution >= 0.6 is 11.6 Å². The van der Waals surface area contributed by atoms with Crippen LogP contribution in [0.1, 0.15) is 24.8 Å². The Bertz CT molecular complexity index is 491. The Morgan fingerprint density at radius 1 is 1.14 bits per heavy atom. The number of rotatable bonds is 3. The first-order chi connectivity index (χ1) is 10.2. The van der Waals surface area contributed by atoms with Crippen LogP contribution < -0.4 is 5.32 Å². The molecular formula is C16H20ClNO3. The van der Waals surface area contributed by atoms with Crippen molar-refractivity contribution < 1.29 is 14.3 Å². The average Bonchev–Trinajstić information content (AvgIpc) is 2.49. The molecule has 2 aliphatic rings. The number of amides is 1. The monoisotopic (exact) mass is 309 g/mol. The maximum Gasteiger partial charge on any atom is 0.224 e. The van der Waals surface area contributed by atoms with Gasteiger partial charge < -0.3 is 14.8 Å². The van der Waals surface area contributed by atoms with E-state index in [1.807, 2.05) is 24.3 Å². The topological polar surface area (TPSA) is 47.6 Å². The minimum Gasteiger partial charge on any atom is -0.373 e. The van der Waals surface area contributed by atoms with Crippen molar-refractivity contribution in [3.05, 3.63) is 34.9 Å². The second-order valence-electron chi connectivity index (χ2n) is 5.70. The van der Waals surface area contributed by atoms with E-state index < -0.39 is 0 Å². The van der Waals surface area contributed by atoms with Gasteiger partial charge in [0, 0.05) is 11.1 Å². The van der Waals surface area contributed by atoms with Crippen molar-refractivity contribution in [1.29, 1.82) is 0 Å². The van der Waals surface area contributed by atoms with Gasteiger partial charge >= 0.3 is 0 Å². The minimum atomic E-state index is 0.0532. The molecule has 1 aliphatic heterocycles. The van der Waals surface area contributed by atoms with E-state index in [9.17, 15) is 4.79 Å². The summed E-state index contributed by atoms with van der Waals surface area (Å²) in [7, 11) is 0. The van der Waals surface area contributed by atoms with Crippen LogP contribution in [0, 0.1) is 0 Å². The SMILES string of the molecule is O=C(Cc1ccc(Cl)cc1)NC1CCC2OCCOC2C1. The molecule has 1 amide bonds. The first-order valence-electron chi connectivity index (χ1n) is 7.48. The molecule has 1 N–H and O–H groups in total. The van der Waals surface area contributed by atoms with Crippen LogP contribution in [-0.4, -0.2) is 37.4 Å². The fraction of sp³-hybridized carbons (Fsp3) is 0.562. The van der Waals surface area contributed by atoms with Crippen molar-refractivity contribution >= 4 is 17.5 Å². The van der Waals surface area contributed by atoms with Gasteiger partial charge in [-0.15, -0.1) is 0 Å². The van der Waals surface area contributed by atoms with E-state index in [2.05, 4.69) is 5.32 Å². The van der Waals surface area contributed by atoms with Crippen LogP contribution in [0.15, 0.2) is 24.3 Å². The quantitative estimate of drug-likeness (QED) is 0.932. The van der Waals surface area contributed by atoms with E-state index in [-0.39, 0.29) is 24.2 Å². The molecule has 1 heterocycles. The highest BCUT2D eigenvalue weighted by molar-refractivity contribution is 6.30. The highest BCUT2D eigenvalue weighted by Crippen LogP contribution is 2.26. The number of hydrogen-bond acceptors (Lipinski definition) is 3. The smallest absolute Gasteiger partial charge is 0.224 e. The molecule has 21 heavy (non-hydrogen) atoms. The van der Waals surface area contributed by atoms with Crippen LogP contribution in [0.2, 0.25) is 5.02 Å². The molecule has 0 bridgehead atoms. The summed E-state index contributed by atoms with van der Waals surface area (Å²) in [6, 6.07) is 7.58. The van der Waals surface area contributed by atoms with Crippen LogP contribution in [0.25, 0.3) is 0 Å². The Morgan fingerprint density at radius 2 is 1.86 bits per heavy atom. The minimum absolute atomic E-state index is 0.0532. The van der Waals surface area contributed by atoms with E-state index in [1.165, 1.54) is 0 Å². The van der Waals surface area contributed by atoms with Gasteiger partial charge in [-0.3, -0.25) is 4.79 Å². The van der Waals surface area contributed by atoms with Crippen molar-refractivity contribution in [1.82, 2.24) is 5.32 Å². The maximum absolute atomic E-state index is 12.1. The zero-order chi connectivity index (χ0) is 14.7. The third kappa shape index (κ3) is 3.96. The zero-order valence-corrected chi connectivity index (χ0v) is 12.6. The maximum atomic E-state index is 12.1. The third-order valence-electron chi connectivity index (χ3n) is 4.12. The summed E-state index contributed by atoms with van der Waals surface area (Å²) in [6.07, 6.45) is 3.49. The summed E-state index contributed by atoms with van der Waals surface area (Å²) in [5.74, 6) is 0.0532. The van der Waals surface area contributed by atoms with E-state index in [0.717, 1.165) is 24.8 Å². The molecule has 3 atom stereocenters. The van der Waals surface area contributed by atoms with Crippen molar-refractivity contribution in [2.45, 2.75) is 43.9 Å². The molecule has 1 saturated carbocycles. The molecule has 1 aliphatic carbocycles. The molecular weight excluding hydrogens is 290 g/mol. The second kappa shape index (κ2) is 6.77. The molecule has 1 saturated heterocycles. The summed E-state index contributed by atoms with van der Waals surface area (Å²) < 4.78 is 11.4. The molecule has 5 heteroatoms. The molecule has 1 aromatic rings. The number of fused-ring (bicyclic) bond motifs is 1. The molecule has 0 aromatic heterocycles. The second-order valence-corrected chi connectivity index (χ2v) is 6.14. The van der Waals surface area contributed by atoms with Crippen molar-refractivity contribution in [2.75, 3.05) is 13.2 Å². The van der Waals surface area contributed by atoms with Crippen LogP contribution in [-0.2, 0) is 20.7 Å². The number of hydrogen-bond donors (Lipinski definition) is 1. The Balaban J connectivity index is 1.49. The van der Waals surface area contributed by atoms with Crippen molar-refractivity contribution in [2.24, 2.45) is 0 Å². The Morgan fingerprint density at radius 3 is 2.62 bits per heavy atom. The molecule has 0 spiro atoms. The van der Waals surface area contributed by atoms with Gasteiger partial charge in [0.25, 0.3) is 0 Å². The fourth-order valence-electron chi connectivity index (χ4n) is 3.06. The summed E-state index contributed by atoms with van der Waals surface area (Å²) in [5, 5.41) is 3.79. The van der Waals surface area contributed by atoms with Gasteiger partial charge in [-0.25, -0.2) is 0 Å². The normalized spacial score (nSPS) is 28.7. The highest BCUT2D eigenvalue weighted by Gasteiger charge is 2.34. The summed E-state index contributed by atoms with van der Waals surface area (Å²) in [6.45, 7) is 1.35. The average molecular weight is 310 g/mol. The van der Waals surface area contributed by atoms with Gasteiger partial charge in [0.2, 0.25) is 5.91 Å². The van der Waals surface area contributed by atoms with Gasteiger partial charge in [-0.05, 0) is 37.0 Å². The Kier molecular flexibility index (Phi) is 4.78. The van der Waals surface area contributed by atoms with Crippen LogP contribution in [0.4, 0.5) is 0 Å². The lowest BCUT2D eigenvalue weighted by Gasteiger charge is -2.39. The van der Waals surface area contributed by atoms with Gasteiger partial charge in [0.05, 0.1) is 31.8 Å². The van der Waals surface area contributed by atoms with E-state index in [4.69, 9.17) is 21.1 Å². The number of carbonyl (C=O) groups excluding carboxylic acids is 1. The standard InChI is InChI=1S/C16H20ClNO3/c17-12-3-1-11(2-4-12)9-16(19)18-13-5-6-14-15(10-13)21-8-7-20-14/h1-4,13-15H,5-10H2,(H,18,19). The summed E-state index contributed by atoms with van der Waals surface area (Å²) in [5.41, 5.74) is 0.975. The molecule has 3 unspecified atom stereocenters. The lowest BCUT2D eigenvalue weighted by atomic mass is 9.89. The van der Waals surface area contributed by atoms with Gasteiger partial charge in [0.1, 0.15) is 0 Å². The van der Waals surface area contributed by atoms with Crippen LogP contribution in [0.5, 0.6) is 0 Å². The van der Waals surface area contributed by atoms with Crippen molar-refractivity contribution in [3.8, 4) is 0 Å². The lowest BCUT2D eigenvalue weighted by Crippen LogP contribution is -2.49. The largest absolute Gasteiger partial charge is 0.373 e. The number of nitrogens with one attached hydrogen (secondary N) is 1. The lowest BCUT2D eigenvalue weighted by molar-refractivity contribution is -0.158. The highest BCUT2D eigenvalue weighted by atomic mass is 35.5. The molecule has 0 radical (unpaired) electrons. The number of carbonyl (C=O) groups is 1. The van der Waals surface area contributed by atoms with Crippen molar-refractivity contribution in [3.63, 3.8) is 0 Å². The van der Waals surface area contributed by atoms with Gasteiger partial charge in [0.15, 0.2) is 0 Å². The third-order valence-corrected chi connectivity index (χ3v) is 4.37. The summed E-state index contributed by atoms with van der Waals surface area (Å²) >= 11 is 5.84. The Labute approximate surface area is 129 Å². The molecule has 3 rings (SSSR count). The molecule has 4 nitrogen and oxygen atoms in total. The predicted octanol–water partition coefficient (Wildman–Crippen LogP) is 2.34. The molecule has 2 fully saturated rings. The number of benzene rings is 1. The zero-order valence-electron chi connectivity index (χ0n) is 11.9. The van der Waals surface area contributed by atoms with E-state index in [0.29, 0.717) is 24.7 Å². The summed E-state index contributed by atoms with van der Waals surface area (Å²) in [4.78, 5) is 12.1. The first-order valence-corrected chi connectivity index (χ1v) is 7.85.